The molecular formula is C7H11N7O2S. The number of nitrogens with two attached hydrogens (primary N) is 3. The number of nitrogens with zero attached hydrogens (tertiary/aromatic N) is 3. The lowest BCUT2D eigenvalue weighted by molar-refractivity contribution is -0.119. The van der Waals surface area contributed by atoms with Crippen LogP contribution in [0.25, 0.3) is 0 Å². The summed E-state index contributed by atoms with van der Waals surface area (Å²) in [6, 6.07) is -0.919. The van der Waals surface area contributed by atoms with E-state index in [-0.39, 0.29) is 17.1 Å². The number of rotatable bonds is 3. The number of amides is 3. The Morgan fingerprint density at radius 1 is 1.24 bits per heavy atom. The Kier molecular flexibility index (Phi) is 4.04. The van der Waals surface area contributed by atoms with Gasteiger partial charge in [-0.25, -0.2) is 4.79 Å². The average Bonchev–Trinajstić information content (AvgIpc) is 2.14. The van der Waals surface area contributed by atoms with Crippen LogP contribution in [0.2, 0.25) is 0 Å². The minimum Gasteiger partial charge on any atom is -0.368 e. The van der Waals surface area contributed by atoms with Gasteiger partial charge < -0.3 is 17.2 Å². The highest BCUT2D eigenvalue weighted by Crippen LogP contribution is 2.20. The van der Waals surface area contributed by atoms with Gasteiger partial charge in [0.05, 0.1) is 5.25 Å². The summed E-state index contributed by atoms with van der Waals surface area (Å²) in [5.41, 5.74) is 15.5. The topological polar surface area (TPSA) is 163 Å². The van der Waals surface area contributed by atoms with Crippen LogP contribution in [0.4, 0.5) is 16.7 Å². The number of aromatic nitrogens is 3. The fraction of sp³-hybridized carbons (Fsp3) is 0.286. The summed E-state index contributed by atoms with van der Waals surface area (Å²) in [4.78, 5) is 33.0. The lowest BCUT2D eigenvalue weighted by atomic mass is 10.4. The van der Waals surface area contributed by atoms with Gasteiger partial charge in [0.1, 0.15) is 0 Å². The van der Waals surface area contributed by atoms with Crippen LogP contribution >= 0.6 is 11.8 Å². The number of nitrogen functional groups attached to an aromatic ring is 2. The van der Waals surface area contributed by atoms with Crippen LogP contribution in [0.3, 0.4) is 0 Å². The maximum atomic E-state index is 11.4. The Morgan fingerprint density at radius 3 is 2.24 bits per heavy atom. The Morgan fingerprint density at radius 2 is 1.76 bits per heavy atom. The summed E-state index contributed by atoms with van der Waals surface area (Å²) in [6.45, 7) is 1.55. The first-order valence-corrected chi connectivity index (χ1v) is 5.30. The molecule has 0 unspecified atom stereocenters. The molecule has 1 aromatic rings. The summed E-state index contributed by atoms with van der Waals surface area (Å²) in [5.74, 6) is -0.634. The molecule has 1 heterocycles. The number of carbonyl (C=O) groups excluding carboxylic acids is 2. The fourth-order valence-electron chi connectivity index (χ4n) is 0.876. The molecule has 1 atom stereocenters. The monoisotopic (exact) mass is 257 g/mol. The minimum atomic E-state index is -0.919. The van der Waals surface area contributed by atoms with E-state index < -0.39 is 17.2 Å². The standard InChI is InChI=1S/C7H11N7O2S/c1-2(3(15)11-6(10)16)17-7-13-4(8)12-5(9)14-7/h2H,1H3,(H3,10,11,15,16)(H4,8,9,12,13,14)/t2-/m1/s1. The maximum absolute atomic E-state index is 11.4. The quantitative estimate of drug-likeness (QED) is 0.486. The summed E-state index contributed by atoms with van der Waals surface area (Å²) < 4.78 is 0. The van der Waals surface area contributed by atoms with Gasteiger partial charge in [-0.05, 0) is 6.92 Å². The largest absolute Gasteiger partial charge is 0.368 e. The number of thioether (sulfide) groups is 1. The Labute approximate surface area is 101 Å². The van der Waals surface area contributed by atoms with Crippen molar-refractivity contribution in [3.63, 3.8) is 0 Å². The highest BCUT2D eigenvalue weighted by molar-refractivity contribution is 8.00. The molecule has 0 radical (unpaired) electrons. The second-order valence-electron chi connectivity index (χ2n) is 2.95. The van der Waals surface area contributed by atoms with E-state index >= 15 is 0 Å². The van der Waals surface area contributed by atoms with Crippen LogP contribution in [-0.4, -0.2) is 32.1 Å². The van der Waals surface area contributed by atoms with Crippen LogP contribution in [0.5, 0.6) is 0 Å². The smallest absolute Gasteiger partial charge is 0.318 e. The first kappa shape index (κ1) is 13.0. The summed E-state index contributed by atoms with van der Waals surface area (Å²) in [5, 5.41) is 1.51. The molecule has 9 nitrogen and oxygen atoms in total. The van der Waals surface area contributed by atoms with E-state index in [9.17, 15) is 9.59 Å². The van der Waals surface area contributed by atoms with Gasteiger partial charge in [-0.2, -0.15) is 15.0 Å². The first-order valence-electron chi connectivity index (χ1n) is 4.42. The lowest BCUT2D eigenvalue weighted by Gasteiger charge is -2.08. The number of imide groups is 1. The number of urea groups is 1. The van der Waals surface area contributed by atoms with Crippen molar-refractivity contribution in [2.75, 3.05) is 11.5 Å². The molecule has 1 aromatic heterocycles. The summed E-state index contributed by atoms with van der Waals surface area (Å²) >= 11 is 0.980. The van der Waals surface area contributed by atoms with Crippen molar-refractivity contribution in [1.82, 2.24) is 20.3 Å². The van der Waals surface area contributed by atoms with Crippen LogP contribution in [0, 0.1) is 0 Å². The third-order valence-electron chi connectivity index (χ3n) is 1.55. The molecular weight excluding hydrogens is 246 g/mol. The van der Waals surface area contributed by atoms with Crippen molar-refractivity contribution >= 4 is 35.6 Å². The molecule has 92 valence electrons. The molecule has 0 aliphatic carbocycles. The second kappa shape index (κ2) is 5.30. The highest BCUT2D eigenvalue weighted by atomic mass is 32.2. The number of anilines is 2. The average molecular weight is 257 g/mol. The molecule has 0 bridgehead atoms. The van der Waals surface area contributed by atoms with Gasteiger partial charge in [-0.3, -0.25) is 10.1 Å². The molecule has 0 aromatic carbocycles. The van der Waals surface area contributed by atoms with Gasteiger partial charge in [0.15, 0.2) is 5.16 Å². The van der Waals surface area contributed by atoms with Crippen molar-refractivity contribution < 1.29 is 9.59 Å². The normalized spacial score (nSPS) is 11.8. The van der Waals surface area contributed by atoms with Gasteiger partial charge in [-0.1, -0.05) is 11.8 Å². The van der Waals surface area contributed by atoms with Crippen LogP contribution in [-0.2, 0) is 4.79 Å². The molecule has 0 saturated carbocycles. The Hall–Kier alpha value is -2.10. The van der Waals surface area contributed by atoms with Crippen molar-refractivity contribution in [2.24, 2.45) is 5.73 Å². The molecule has 17 heavy (non-hydrogen) atoms. The van der Waals surface area contributed by atoms with Crippen LogP contribution < -0.4 is 22.5 Å². The molecule has 0 spiro atoms. The van der Waals surface area contributed by atoms with Crippen molar-refractivity contribution in [2.45, 2.75) is 17.3 Å². The third kappa shape index (κ3) is 4.10. The number of primary amides is 1. The molecule has 7 N–H and O–H groups in total. The molecule has 0 saturated heterocycles. The third-order valence-corrected chi connectivity index (χ3v) is 2.51. The fourth-order valence-corrected chi connectivity index (χ4v) is 1.65. The van der Waals surface area contributed by atoms with Gasteiger partial charge >= 0.3 is 6.03 Å². The van der Waals surface area contributed by atoms with Crippen molar-refractivity contribution in [3.8, 4) is 0 Å². The molecule has 1 rings (SSSR count). The molecule has 0 aliphatic heterocycles. The zero-order valence-electron chi connectivity index (χ0n) is 8.88. The number of nitrogens with one attached hydrogen (secondary N) is 1. The SMILES string of the molecule is C[C@@H](Sc1nc(N)nc(N)n1)C(=O)NC(N)=O. The van der Waals surface area contributed by atoms with Gasteiger partial charge in [0, 0.05) is 0 Å². The Bertz CT molecular complexity index is 432. The van der Waals surface area contributed by atoms with E-state index in [0.717, 1.165) is 11.8 Å². The predicted molar refractivity (Wildman–Crippen MR) is 61.7 cm³/mol. The predicted octanol–water partition coefficient (Wildman–Crippen LogP) is -1.29. The number of hydrogen-bond acceptors (Lipinski definition) is 8. The molecule has 0 aliphatic rings. The highest BCUT2D eigenvalue weighted by Gasteiger charge is 2.17. The van der Waals surface area contributed by atoms with E-state index in [1.165, 1.54) is 0 Å². The van der Waals surface area contributed by atoms with E-state index in [1.807, 2.05) is 5.32 Å². The van der Waals surface area contributed by atoms with Crippen LogP contribution in [0.1, 0.15) is 6.92 Å². The minimum absolute atomic E-state index is 0.0393. The number of hydrogen-bond donors (Lipinski definition) is 4. The molecule has 3 amide bonds. The van der Waals surface area contributed by atoms with Gasteiger partial charge in [0.25, 0.3) is 0 Å². The van der Waals surface area contributed by atoms with Gasteiger partial charge in [-0.15, -0.1) is 0 Å². The second-order valence-corrected chi connectivity index (χ2v) is 4.26. The Balaban J connectivity index is 2.70. The zero-order valence-corrected chi connectivity index (χ0v) is 9.69. The molecule has 10 heteroatoms. The van der Waals surface area contributed by atoms with Gasteiger partial charge in [0.2, 0.25) is 17.8 Å². The maximum Gasteiger partial charge on any atom is 0.318 e. The zero-order chi connectivity index (χ0) is 13.0. The van der Waals surface area contributed by atoms with E-state index in [2.05, 4.69) is 15.0 Å². The lowest BCUT2D eigenvalue weighted by Crippen LogP contribution is -2.39. The summed E-state index contributed by atoms with van der Waals surface area (Å²) in [7, 11) is 0. The van der Waals surface area contributed by atoms with Crippen LogP contribution in [0.15, 0.2) is 5.16 Å². The summed E-state index contributed by atoms with van der Waals surface area (Å²) in [6.07, 6.45) is 0. The first-order chi connectivity index (χ1) is 7.88. The van der Waals surface area contributed by atoms with Crippen molar-refractivity contribution in [1.29, 1.82) is 0 Å². The van der Waals surface area contributed by atoms with Crippen molar-refractivity contribution in [3.05, 3.63) is 0 Å². The van der Waals surface area contributed by atoms with E-state index in [1.54, 1.807) is 6.92 Å². The number of carbonyl (C=O) groups is 2. The van der Waals surface area contributed by atoms with E-state index in [4.69, 9.17) is 17.2 Å². The molecule has 0 fully saturated rings. The van der Waals surface area contributed by atoms with E-state index in [0.29, 0.717) is 0 Å².